The van der Waals surface area contributed by atoms with E-state index in [0.29, 0.717) is 17.7 Å². The second kappa shape index (κ2) is 7.37. The highest BCUT2D eigenvalue weighted by molar-refractivity contribution is 5.48. The van der Waals surface area contributed by atoms with Gasteiger partial charge >= 0.3 is 5.69 Å². The fraction of sp³-hybridized carbons (Fsp3) is 0.294. The average Bonchev–Trinajstić information content (AvgIpc) is 2.55. The molecule has 2 rings (SSSR count). The number of rotatable bonds is 7. The summed E-state index contributed by atoms with van der Waals surface area (Å²) in [6.45, 7) is 2.16. The number of methoxy groups -OCH3 is 1. The van der Waals surface area contributed by atoms with Crippen LogP contribution in [0.25, 0.3) is 0 Å². The first-order valence-corrected chi connectivity index (χ1v) is 7.34. The Morgan fingerprint density at radius 2 is 1.96 bits per heavy atom. The Hall–Kier alpha value is -2.51. The molecule has 2 aromatic rings. The summed E-state index contributed by atoms with van der Waals surface area (Å²) in [6, 6.07) is 10.3. The van der Waals surface area contributed by atoms with Crippen molar-refractivity contribution in [3.05, 3.63) is 69.5 Å². The maximum Gasteiger partial charge on any atom is 0.311 e. The molecule has 128 valence electrons. The summed E-state index contributed by atoms with van der Waals surface area (Å²) in [6.07, 6.45) is 0. The van der Waals surface area contributed by atoms with E-state index in [1.54, 1.807) is 13.0 Å². The molecule has 0 aromatic heterocycles. The predicted octanol–water partition coefficient (Wildman–Crippen LogP) is 2.74. The third kappa shape index (κ3) is 4.27. The lowest BCUT2D eigenvalue weighted by Gasteiger charge is -2.24. The minimum Gasteiger partial charge on any atom is -0.490 e. The van der Waals surface area contributed by atoms with Crippen LogP contribution >= 0.6 is 0 Å². The van der Waals surface area contributed by atoms with Crippen LogP contribution in [0.3, 0.4) is 0 Å². The van der Waals surface area contributed by atoms with Gasteiger partial charge in [0.25, 0.3) is 0 Å². The zero-order chi connectivity index (χ0) is 17.7. The molecule has 1 unspecified atom stereocenters. The van der Waals surface area contributed by atoms with Gasteiger partial charge in [0.15, 0.2) is 5.75 Å². The van der Waals surface area contributed by atoms with E-state index in [1.807, 2.05) is 0 Å². The van der Waals surface area contributed by atoms with Gasteiger partial charge < -0.3 is 15.2 Å². The number of hydrogen-bond acceptors (Lipinski definition) is 5. The van der Waals surface area contributed by atoms with E-state index in [4.69, 9.17) is 4.74 Å². The van der Waals surface area contributed by atoms with Crippen molar-refractivity contribution >= 4 is 5.69 Å². The van der Waals surface area contributed by atoms with Gasteiger partial charge in [-0.05, 0) is 36.2 Å². The van der Waals surface area contributed by atoms with Crippen molar-refractivity contribution < 1.29 is 19.2 Å². The van der Waals surface area contributed by atoms with Gasteiger partial charge in [-0.1, -0.05) is 18.2 Å². The summed E-state index contributed by atoms with van der Waals surface area (Å²) in [4.78, 5) is 10.5. The first-order valence-electron chi connectivity index (χ1n) is 7.34. The lowest BCUT2D eigenvalue weighted by molar-refractivity contribution is -0.385. The average molecular weight is 334 g/mol. The molecule has 0 saturated carbocycles. The molecule has 2 aromatic carbocycles. The molecule has 0 bridgehead atoms. The Kier molecular flexibility index (Phi) is 5.48. The molecule has 0 amide bonds. The lowest BCUT2D eigenvalue weighted by Crippen LogP contribution is -2.35. The van der Waals surface area contributed by atoms with Crippen LogP contribution in [-0.4, -0.2) is 23.7 Å². The van der Waals surface area contributed by atoms with Crippen LogP contribution < -0.4 is 10.1 Å². The summed E-state index contributed by atoms with van der Waals surface area (Å²) >= 11 is 0. The third-order valence-corrected chi connectivity index (χ3v) is 3.70. The molecule has 0 saturated heterocycles. The van der Waals surface area contributed by atoms with Gasteiger partial charge in [0.05, 0.1) is 17.6 Å². The molecule has 7 heteroatoms. The second-order valence-corrected chi connectivity index (χ2v) is 5.65. The zero-order valence-electron chi connectivity index (χ0n) is 13.5. The Morgan fingerprint density at radius 3 is 2.54 bits per heavy atom. The Bertz CT molecular complexity index is 717. The molecule has 6 nitrogen and oxygen atoms in total. The van der Waals surface area contributed by atoms with Gasteiger partial charge in [-0.3, -0.25) is 10.1 Å². The number of benzene rings is 2. The number of nitrogens with zero attached hydrogens (tertiary/aromatic N) is 1. The summed E-state index contributed by atoms with van der Waals surface area (Å²) < 4.78 is 17.9. The molecular formula is C17H19FN2O4. The van der Waals surface area contributed by atoms with Crippen LogP contribution in [0, 0.1) is 15.9 Å². The van der Waals surface area contributed by atoms with Crippen molar-refractivity contribution in [2.45, 2.75) is 19.1 Å². The van der Waals surface area contributed by atoms with Gasteiger partial charge in [0, 0.05) is 19.2 Å². The van der Waals surface area contributed by atoms with Crippen molar-refractivity contribution in [2.75, 3.05) is 13.7 Å². The third-order valence-electron chi connectivity index (χ3n) is 3.70. The van der Waals surface area contributed by atoms with Crippen LogP contribution in [0.1, 0.15) is 18.1 Å². The molecule has 0 aliphatic rings. The van der Waals surface area contributed by atoms with E-state index < -0.39 is 10.5 Å². The number of halogens is 1. The maximum atomic E-state index is 13.0. The van der Waals surface area contributed by atoms with Crippen LogP contribution in [-0.2, 0) is 12.1 Å². The van der Waals surface area contributed by atoms with E-state index in [2.05, 4.69) is 5.32 Å². The van der Waals surface area contributed by atoms with Crippen LogP contribution in [0.4, 0.5) is 10.1 Å². The van der Waals surface area contributed by atoms with E-state index in [9.17, 15) is 19.6 Å². The first-order chi connectivity index (χ1) is 11.3. The molecule has 0 aliphatic carbocycles. The molecular weight excluding hydrogens is 315 g/mol. The van der Waals surface area contributed by atoms with Crippen molar-refractivity contribution in [3.8, 4) is 5.75 Å². The number of hydrogen-bond donors (Lipinski definition) is 2. The largest absolute Gasteiger partial charge is 0.490 e. The molecule has 0 fully saturated rings. The van der Waals surface area contributed by atoms with Gasteiger partial charge in [-0.25, -0.2) is 4.39 Å². The standard InChI is InChI=1S/C17H19FN2O4/c1-17(21,13-4-6-14(18)7-5-13)11-19-10-12-3-8-16(24-2)15(9-12)20(22)23/h3-9,19,21H,10-11H2,1-2H3. The minimum absolute atomic E-state index is 0.109. The number of nitro groups is 1. The van der Waals surface area contributed by atoms with Crippen molar-refractivity contribution in [1.29, 1.82) is 0 Å². The normalized spacial score (nSPS) is 13.3. The van der Waals surface area contributed by atoms with Gasteiger partial charge in [-0.2, -0.15) is 0 Å². The van der Waals surface area contributed by atoms with Crippen LogP contribution in [0.2, 0.25) is 0 Å². The Balaban J connectivity index is 2.02. The molecule has 24 heavy (non-hydrogen) atoms. The molecule has 0 spiro atoms. The summed E-state index contributed by atoms with van der Waals surface area (Å²) in [7, 11) is 1.38. The first kappa shape index (κ1) is 17.8. The summed E-state index contributed by atoms with van der Waals surface area (Å²) in [5, 5.41) is 24.5. The minimum atomic E-state index is -1.19. The highest BCUT2D eigenvalue weighted by Crippen LogP contribution is 2.27. The highest BCUT2D eigenvalue weighted by Gasteiger charge is 2.22. The second-order valence-electron chi connectivity index (χ2n) is 5.65. The summed E-state index contributed by atoms with van der Waals surface area (Å²) in [5.41, 5.74) is -0.0249. The molecule has 0 heterocycles. The number of nitro benzene ring substituents is 1. The Morgan fingerprint density at radius 1 is 1.29 bits per heavy atom. The van der Waals surface area contributed by atoms with Gasteiger partial charge in [0.2, 0.25) is 0 Å². The van der Waals surface area contributed by atoms with Gasteiger partial charge in [-0.15, -0.1) is 0 Å². The van der Waals surface area contributed by atoms with Crippen molar-refractivity contribution in [3.63, 3.8) is 0 Å². The number of nitrogens with one attached hydrogen (secondary N) is 1. The SMILES string of the molecule is COc1ccc(CNCC(C)(O)c2ccc(F)cc2)cc1[N+](=O)[O-]. The predicted molar refractivity (Wildman–Crippen MR) is 87.3 cm³/mol. The zero-order valence-corrected chi connectivity index (χ0v) is 13.5. The Labute approximate surface area is 139 Å². The molecule has 1 atom stereocenters. The van der Waals surface area contributed by atoms with E-state index in [1.165, 1.54) is 43.5 Å². The fourth-order valence-corrected chi connectivity index (χ4v) is 2.35. The smallest absolute Gasteiger partial charge is 0.311 e. The summed E-state index contributed by atoms with van der Waals surface area (Å²) in [5.74, 6) is -0.171. The number of aliphatic hydroxyl groups is 1. The fourth-order valence-electron chi connectivity index (χ4n) is 2.35. The van der Waals surface area contributed by atoms with Crippen molar-refractivity contribution in [2.24, 2.45) is 0 Å². The lowest BCUT2D eigenvalue weighted by atomic mass is 9.96. The molecule has 0 aliphatic heterocycles. The maximum absolute atomic E-state index is 13.0. The van der Waals surface area contributed by atoms with Crippen LogP contribution in [0.5, 0.6) is 5.75 Å². The molecule has 2 N–H and O–H groups in total. The van der Waals surface area contributed by atoms with Crippen molar-refractivity contribution in [1.82, 2.24) is 5.32 Å². The van der Waals surface area contributed by atoms with Crippen LogP contribution in [0.15, 0.2) is 42.5 Å². The quantitative estimate of drug-likeness (QED) is 0.601. The van der Waals surface area contributed by atoms with Gasteiger partial charge in [0.1, 0.15) is 5.82 Å². The molecule has 0 radical (unpaired) electrons. The monoisotopic (exact) mass is 334 g/mol. The van der Waals surface area contributed by atoms with E-state index >= 15 is 0 Å². The van der Waals surface area contributed by atoms with E-state index in [0.717, 1.165) is 0 Å². The number of ether oxygens (including phenoxy) is 1. The highest BCUT2D eigenvalue weighted by atomic mass is 19.1. The van der Waals surface area contributed by atoms with E-state index in [-0.39, 0.29) is 23.8 Å². The topological polar surface area (TPSA) is 84.6 Å².